The summed E-state index contributed by atoms with van der Waals surface area (Å²) in [6.07, 6.45) is 0.312. The minimum absolute atomic E-state index is 0.0266. The van der Waals surface area contributed by atoms with Gasteiger partial charge in [-0.3, -0.25) is 4.79 Å². The number of fused-ring (bicyclic) bond motifs is 1. The Morgan fingerprint density at radius 3 is 2.33 bits per heavy atom. The number of benzene rings is 2. The topological polar surface area (TPSA) is 80.5 Å². The van der Waals surface area contributed by atoms with Crippen molar-refractivity contribution in [2.75, 3.05) is 25.5 Å². The van der Waals surface area contributed by atoms with Crippen molar-refractivity contribution in [3.8, 4) is 16.9 Å². The summed E-state index contributed by atoms with van der Waals surface area (Å²) in [5, 5.41) is 11.2. The number of hydrogen-bond acceptors (Lipinski definition) is 5. The average molecular weight is 486 g/mol. The summed E-state index contributed by atoms with van der Waals surface area (Å²) in [7, 11) is 1.64. The third-order valence-corrected chi connectivity index (χ3v) is 6.41. The van der Waals surface area contributed by atoms with Crippen LogP contribution in [0.4, 0.5) is 5.82 Å². The molecule has 2 N–H and O–H groups in total. The predicted molar refractivity (Wildman–Crippen MR) is 145 cm³/mol. The molecule has 1 amide bonds. The molecule has 0 aliphatic rings. The van der Waals surface area contributed by atoms with Crippen LogP contribution in [-0.2, 0) is 11.2 Å². The van der Waals surface area contributed by atoms with E-state index in [0.717, 1.165) is 45.3 Å². The zero-order valence-corrected chi connectivity index (χ0v) is 22.2. The summed E-state index contributed by atoms with van der Waals surface area (Å²) >= 11 is 0. The number of aryl methyl sites for hydroxylation is 6. The molecule has 36 heavy (non-hydrogen) atoms. The first-order valence-electron chi connectivity index (χ1n) is 12.3. The molecule has 0 unspecified atom stereocenters. The number of anilines is 1. The van der Waals surface area contributed by atoms with Crippen molar-refractivity contribution < 1.29 is 9.53 Å². The Balaban J connectivity index is 1.48. The van der Waals surface area contributed by atoms with Crippen molar-refractivity contribution in [2.45, 2.75) is 48.0 Å². The molecule has 0 radical (unpaired) electrons. The van der Waals surface area contributed by atoms with Gasteiger partial charge < -0.3 is 15.4 Å². The average Bonchev–Trinajstić information content (AvgIpc) is 3.13. The molecular weight excluding hydrogens is 450 g/mol. The Labute approximate surface area is 212 Å². The number of aromatic nitrogens is 3. The fourth-order valence-corrected chi connectivity index (χ4v) is 4.85. The molecule has 4 aromatic rings. The molecule has 188 valence electrons. The number of amides is 1. The molecule has 4 rings (SSSR count). The van der Waals surface area contributed by atoms with Crippen molar-refractivity contribution >= 4 is 17.4 Å². The van der Waals surface area contributed by atoms with Crippen molar-refractivity contribution in [2.24, 2.45) is 0 Å². The van der Waals surface area contributed by atoms with Gasteiger partial charge in [0.1, 0.15) is 11.6 Å². The lowest BCUT2D eigenvalue weighted by molar-refractivity contribution is -0.120. The summed E-state index contributed by atoms with van der Waals surface area (Å²) in [5.74, 6) is 1.62. The van der Waals surface area contributed by atoms with E-state index >= 15 is 0 Å². The SMILES string of the molecule is COc1cc(CC(=O)NCCNc2cc(C)nc3c(-c4c(C)cc(C)cc4C)c(C)nn23)ccc1C. The van der Waals surface area contributed by atoms with E-state index in [1.54, 1.807) is 7.11 Å². The third-order valence-electron chi connectivity index (χ3n) is 6.41. The van der Waals surface area contributed by atoms with E-state index in [1.165, 1.54) is 22.3 Å². The number of methoxy groups -OCH3 is 1. The van der Waals surface area contributed by atoms with Gasteiger partial charge in [-0.25, -0.2) is 4.98 Å². The maximum Gasteiger partial charge on any atom is 0.224 e. The van der Waals surface area contributed by atoms with Gasteiger partial charge in [0.25, 0.3) is 0 Å². The highest BCUT2D eigenvalue weighted by Crippen LogP contribution is 2.34. The van der Waals surface area contributed by atoms with E-state index in [2.05, 4.69) is 43.5 Å². The number of nitrogens with one attached hydrogen (secondary N) is 2. The van der Waals surface area contributed by atoms with E-state index in [9.17, 15) is 4.79 Å². The Morgan fingerprint density at radius 1 is 0.917 bits per heavy atom. The predicted octanol–water partition coefficient (Wildman–Crippen LogP) is 5.03. The van der Waals surface area contributed by atoms with Gasteiger partial charge >= 0.3 is 0 Å². The molecule has 0 saturated heterocycles. The molecule has 7 nitrogen and oxygen atoms in total. The van der Waals surface area contributed by atoms with Gasteiger partial charge in [0, 0.05) is 24.8 Å². The van der Waals surface area contributed by atoms with Crippen LogP contribution in [0, 0.1) is 41.5 Å². The number of hydrogen-bond donors (Lipinski definition) is 2. The molecule has 0 saturated carbocycles. The lowest BCUT2D eigenvalue weighted by atomic mass is 9.94. The summed E-state index contributed by atoms with van der Waals surface area (Å²) in [5.41, 5.74) is 10.6. The third kappa shape index (κ3) is 5.20. The number of rotatable bonds is 8. The fraction of sp³-hybridized carbons (Fsp3) is 0.345. The highest BCUT2D eigenvalue weighted by molar-refractivity contribution is 5.85. The Hall–Kier alpha value is -3.87. The van der Waals surface area contributed by atoms with Gasteiger partial charge in [-0.2, -0.15) is 9.61 Å². The fourth-order valence-electron chi connectivity index (χ4n) is 4.85. The smallest absolute Gasteiger partial charge is 0.224 e. The largest absolute Gasteiger partial charge is 0.496 e. The second-order valence-corrected chi connectivity index (χ2v) is 9.51. The van der Waals surface area contributed by atoms with Crippen LogP contribution in [0.25, 0.3) is 16.8 Å². The van der Waals surface area contributed by atoms with Crippen LogP contribution in [0.2, 0.25) is 0 Å². The van der Waals surface area contributed by atoms with E-state index in [0.29, 0.717) is 19.5 Å². The Morgan fingerprint density at radius 2 is 1.64 bits per heavy atom. The maximum absolute atomic E-state index is 12.5. The van der Waals surface area contributed by atoms with Crippen LogP contribution < -0.4 is 15.4 Å². The molecule has 2 heterocycles. The zero-order chi connectivity index (χ0) is 26.0. The van der Waals surface area contributed by atoms with Crippen LogP contribution in [0.15, 0.2) is 36.4 Å². The van der Waals surface area contributed by atoms with Gasteiger partial charge in [-0.05, 0) is 75.4 Å². The molecule has 0 aliphatic heterocycles. The molecule has 2 aromatic carbocycles. The lowest BCUT2D eigenvalue weighted by Gasteiger charge is -2.13. The number of carbonyl (C=O) groups is 1. The van der Waals surface area contributed by atoms with Crippen LogP contribution >= 0.6 is 0 Å². The first kappa shape index (κ1) is 25.2. The van der Waals surface area contributed by atoms with Gasteiger partial charge in [0.05, 0.1) is 24.8 Å². The molecule has 2 aromatic heterocycles. The minimum Gasteiger partial charge on any atom is -0.496 e. The highest BCUT2D eigenvalue weighted by atomic mass is 16.5. The molecule has 0 fully saturated rings. The van der Waals surface area contributed by atoms with Gasteiger partial charge in [0.2, 0.25) is 5.91 Å². The van der Waals surface area contributed by atoms with E-state index in [1.807, 2.05) is 49.6 Å². The number of ether oxygens (including phenoxy) is 1. The normalized spacial score (nSPS) is 11.1. The van der Waals surface area contributed by atoms with Crippen molar-refractivity contribution in [3.63, 3.8) is 0 Å². The van der Waals surface area contributed by atoms with Crippen LogP contribution in [0.3, 0.4) is 0 Å². The lowest BCUT2D eigenvalue weighted by Crippen LogP contribution is -2.30. The monoisotopic (exact) mass is 485 g/mol. The number of nitrogens with zero attached hydrogens (tertiary/aromatic N) is 3. The second-order valence-electron chi connectivity index (χ2n) is 9.51. The maximum atomic E-state index is 12.5. The standard InChI is InChI=1S/C29H35N5O2/c1-17-12-19(3)27(20(4)13-17)28-22(6)33-34-25(14-21(5)32-29(28)34)30-10-11-31-26(35)16-23-9-8-18(2)24(15-23)36-7/h8-9,12-15,30H,10-11,16H2,1-7H3,(H,31,35). The Bertz CT molecular complexity index is 1410. The van der Waals surface area contributed by atoms with Crippen LogP contribution in [0.1, 0.15) is 39.2 Å². The summed E-state index contributed by atoms with van der Waals surface area (Å²) in [6, 6.07) is 12.2. The molecule has 0 aliphatic carbocycles. The summed E-state index contributed by atoms with van der Waals surface area (Å²) in [6.45, 7) is 13.5. The van der Waals surface area contributed by atoms with Gasteiger partial charge in [0.15, 0.2) is 5.65 Å². The Kier molecular flexibility index (Phi) is 7.29. The van der Waals surface area contributed by atoms with Crippen molar-refractivity contribution in [3.05, 3.63) is 75.6 Å². The minimum atomic E-state index is -0.0266. The first-order valence-corrected chi connectivity index (χ1v) is 12.3. The molecule has 7 heteroatoms. The highest BCUT2D eigenvalue weighted by Gasteiger charge is 2.19. The van der Waals surface area contributed by atoms with Crippen LogP contribution in [0.5, 0.6) is 5.75 Å². The van der Waals surface area contributed by atoms with Gasteiger partial charge in [-0.1, -0.05) is 29.8 Å². The quantitative estimate of drug-likeness (QED) is 0.342. The summed E-state index contributed by atoms with van der Waals surface area (Å²) in [4.78, 5) is 17.3. The van der Waals surface area contributed by atoms with Crippen molar-refractivity contribution in [1.82, 2.24) is 19.9 Å². The van der Waals surface area contributed by atoms with E-state index in [-0.39, 0.29) is 5.91 Å². The second kappa shape index (κ2) is 10.4. The van der Waals surface area contributed by atoms with Crippen LogP contribution in [-0.4, -0.2) is 40.7 Å². The van der Waals surface area contributed by atoms with Gasteiger partial charge in [-0.15, -0.1) is 0 Å². The van der Waals surface area contributed by atoms with E-state index < -0.39 is 0 Å². The van der Waals surface area contributed by atoms with E-state index in [4.69, 9.17) is 14.8 Å². The first-order chi connectivity index (χ1) is 17.2. The number of carbonyl (C=O) groups excluding carboxylic acids is 1. The molecule has 0 spiro atoms. The molecule has 0 bridgehead atoms. The summed E-state index contributed by atoms with van der Waals surface area (Å²) < 4.78 is 7.23. The van der Waals surface area contributed by atoms with Crippen molar-refractivity contribution in [1.29, 1.82) is 0 Å². The molecular formula is C29H35N5O2. The zero-order valence-electron chi connectivity index (χ0n) is 22.2. The molecule has 0 atom stereocenters.